The number of nitrogens with one attached hydrogen (secondary N) is 1. The van der Waals surface area contributed by atoms with Gasteiger partial charge >= 0.3 is 0 Å². The van der Waals surface area contributed by atoms with Gasteiger partial charge in [-0.3, -0.25) is 15.0 Å². The zero-order valence-electron chi connectivity index (χ0n) is 11.8. The Morgan fingerprint density at radius 2 is 2.05 bits per heavy atom. The lowest BCUT2D eigenvalue weighted by Gasteiger charge is -2.05. The number of aliphatic imine (C=N–C) groups is 1. The first-order chi connectivity index (χ1) is 9.84. The van der Waals surface area contributed by atoms with Crippen molar-refractivity contribution in [2.75, 3.05) is 13.1 Å². The Morgan fingerprint density at radius 3 is 2.76 bits per heavy atom. The number of rotatable bonds is 6. The molecule has 112 valence electrons. The Kier molecular flexibility index (Phi) is 8.34. The third kappa shape index (κ3) is 7.03. The van der Waals surface area contributed by atoms with Gasteiger partial charge in [-0.25, -0.2) is 0 Å². The van der Waals surface area contributed by atoms with Crippen LogP contribution >= 0.6 is 24.0 Å². The highest BCUT2D eigenvalue weighted by Gasteiger charge is 1.95. The van der Waals surface area contributed by atoms with E-state index in [1.807, 2.05) is 36.5 Å². The molecule has 2 aromatic rings. The van der Waals surface area contributed by atoms with Gasteiger partial charge in [0.1, 0.15) is 0 Å². The molecule has 0 saturated heterocycles. The smallest absolute Gasteiger partial charge is 0.188 e. The van der Waals surface area contributed by atoms with E-state index in [0.717, 1.165) is 25.1 Å². The number of hydrogen-bond acceptors (Lipinski definition) is 3. The standard InChI is InChI=1S/C15H19N5.HI/c16-15(19-10-6-13-4-3-8-17-12-13)20-11-7-14-5-1-2-9-18-14;/h1-5,8-9,12H,6-7,10-11H2,(H3,16,19,20);1H. The van der Waals surface area contributed by atoms with Gasteiger partial charge < -0.3 is 11.1 Å². The zero-order chi connectivity index (χ0) is 14.0. The van der Waals surface area contributed by atoms with Gasteiger partial charge in [-0.15, -0.1) is 24.0 Å². The fraction of sp³-hybridized carbons (Fsp3) is 0.267. The third-order valence-electron chi connectivity index (χ3n) is 2.82. The Balaban J connectivity index is 0.00000220. The number of guanidine groups is 1. The average Bonchev–Trinajstić information content (AvgIpc) is 2.49. The summed E-state index contributed by atoms with van der Waals surface area (Å²) >= 11 is 0. The molecule has 0 atom stereocenters. The predicted octanol–water partition coefficient (Wildman–Crippen LogP) is 1.78. The molecule has 0 aliphatic heterocycles. The number of nitrogens with two attached hydrogens (primary N) is 1. The first-order valence-electron chi connectivity index (χ1n) is 6.67. The molecule has 0 bridgehead atoms. The van der Waals surface area contributed by atoms with E-state index < -0.39 is 0 Å². The van der Waals surface area contributed by atoms with Crippen molar-refractivity contribution in [1.29, 1.82) is 0 Å². The molecule has 21 heavy (non-hydrogen) atoms. The maximum Gasteiger partial charge on any atom is 0.188 e. The summed E-state index contributed by atoms with van der Waals surface area (Å²) in [6.07, 6.45) is 7.09. The summed E-state index contributed by atoms with van der Waals surface area (Å²) in [5, 5.41) is 3.10. The SMILES string of the molecule is I.NC(=NCCc1ccccn1)NCCc1cccnc1. The topological polar surface area (TPSA) is 76.2 Å². The molecular weight excluding hydrogens is 377 g/mol. The van der Waals surface area contributed by atoms with Crippen LogP contribution in [0, 0.1) is 0 Å². The van der Waals surface area contributed by atoms with Crippen molar-refractivity contribution >= 4 is 29.9 Å². The van der Waals surface area contributed by atoms with Crippen LogP contribution in [-0.2, 0) is 12.8 Å². The monoisotopic (exact) mass is 397 g/mol. The van der Waals surface area contributed by atoms with Crippen LogP contribution < -0.4 is 11.1 Å². The summed E-state index contributed by atoms with van der Waals surface area (Å²) in [6.45, 7) is 1.40. The maximum absolute atomic E-state index is 5.80. The number of hydrogen-bond donors (Lipinski definition) is 2. The van der Waals surface area contributed by atoms with Gasteiger partial charge in [-0.2, -0.15) is 0 Å². The van der Waals surface area contributed by atoms with Crippen LogP contribution in [0.2, 0.25) is 0 Å². The quantitative estimate of drug-likeness (QED) is 0.443. The summed E-state index contributed by atoms with van der Waals surface area (Å²) in [6, 6.07) is 9.84. The molecular formula is C15H20IN5. The second kappa shape index (κ2) is 10.1. The summed E-state index contributed by atoms with van der Waals surface area (Å²) < 4.78 is 0. The summed E-state index contributed by atoms with van der Waals surface area (Å²) in [4.78, 5) is 12.6. The van der Waals surface area contributed by atoms with Gasteiger partial charge in [0.15, 0.2) is 5.96 Å². The first-order valence-corrected chi connectivity index (χ1v) is 6.67. The Labute approximate surface area is 142 Å². The Morgan fingerprint density at radius 1 is 1.14 bits per heavy atom. The van der Waals surface area contributed by atoms with Crippen molar-refractivity contribution in [2.45, 2.75) is 12.8 Å². The molecule has 2 rings (SSSR count). The minimum Gasteiger partial charge on any atom is -0.370 e. The van der Waals surface area contributed by atoms with Crippen LogP contribution in [0.3, 0.4) is 0 Å². The summed E-state index contributed by atoms with van der Waals surface area (Å²) in [5.41, 5.74) is 8.01. The van der Waals surface area contributed by atoms with Crippen LogP contribution in [0.25, 0.3) is 0 Å². The zero-order valence-corrected chi connectivity index (χ0v) is 14.1. The van der Waals surface area contributed by atoms with E-state index in [2.05, 4.69) is 20.3 Å². The van der Waals surface area contributed by atoms with Gasteiger partial charge in [0.25, 0.3) is 0 Å². The van der Waals surface area contributed by atoms with E-state index in [1.165, 1.54) is 5.56 Å². The molecule has 0 aromatic carbocycles. The first kappa shape index (κ1) is 17.4. The number of nitrogens with zero attached hydrogens (tertiary/aromatic N) is 3. The Hall–Kier alpha value is -1.70. The number of halogens is 1. The van der Waals surface area contributed by atoms with Crippen molar-refractivity contribution < 1.29 is 0 Å². The second-order valence-electron chi connectivity index (χ2n) is 4.38. The molecule has 0 saturated carbocycles. The lowest BCUT2D eigenvalue weighted by molar-refractivity contribution is 0.837. The molecule has 0 amide bonds. The van der Waals surface area contributed by atoms with Crippen molar-refractivity contribution in [3.63, 3.8) is 0 Å². The molecule has 0 fully saturated rings. The minimum atomic E-state index is 0. The van der Waals surface area contributed by atoms with E-state index in [1.54, 1.807) is 12.4 Å². The molecule has 0 aliphatic rings. The second-order valence-corrected chi connectivity index (χ2v) is 4.38. The summed E-state index contributed by atoms with van der Waals surface area (Å²) in [5.74, 6) is 0.477. The van der Waals surface area contributed by atoms with E-state index in [4.69, 9.17) is 5.73 Å². The third-order valence-corrected chi connectivity index (χ3v) is 2.82. The van der Waals surface area contributed by atoms with Crippen LogP contribution in [0.1, 0.15) is 11.3 Å². The fourth-order valence-electron chi connectivity index (χ4n) is 1.77. The molecule has 0 aliphatic carbocycles. The number of aromatic nitrogens is 2. The van der Waals surface area contributed by atoms with Crippen molar-refractivity contribution in [3.8, 4) is 0 Å². The van der Waals surface area contributed by atoms with Crippen molar-refractivity contribution in [1.82, 2.24) is 15.3 Å². The normalized spacial score (nSPS) is 10.8. The predicted molar refractivity (Wildman–Crippen MR) is 95.8 cm³/mol. The van der Waals surface area contributed by atoms with E-state index in [9.17, 15) is 0 Å². The lowest BCUT2D eigenvalue weighted by Crippen LogP contribution is -2.33. The molecule has 6 heteroatoms. The number of pyridine rings is 2. The Bertz CT molecular complexity index is 530. The molecule has 2 heterocycles. The average molecular weight is 397 g/mol. The van der Waals surface area contributed by atoms with Crippen LogP contribution in [-0.4, -0.2) is 29.0 Å². The summed E-state index contributed by atoms with van der Waals surface area (Å²) in [7, 11) is 0. The van der Waals surface area contributed by atoms with E-state index >= 15 is 0 Å². The minimum absolute atomic E-state index is 0. The van der Waals surface area contributed by atoms with Crippen LogP contribution in [0.4, 0.5) is 0 Å². The lowest BCUT2D eigenvalue weighted by atomic mass is 10.2. The van der Waals surface area contributed by atoms with Gasteiger partial charge in [0.2, 0.25) is 0 Å². The van der Waals surface area contributed by atoms with E-state index in [0.29, 0.717) is 12.5 Å². The molecule has 2 aromatic heterocycles. The molecule has 0 unspecified atom stereocenters. The maximum atomic E-state index is 5.80. The highest BCUT2D eigenvalue weighted by Crippen LogP contribution is 1.96. The van der Waals surface area contributed by atoms with Crippen LogP contribution in [0.5, 0.6) is 0 Å². The van der Waals surface area contributed by atoms with Gasteiger partial charge in [0.05, 0.1) is 0 Å². The largest absolute Gasteiger partial charge is 0.370 e. The van der Waals surface area contributed by atoms with E-state index in [-0.39, 0.29) is 24.0 Å². The van der Waals surface area contributed by atoms with Crippen molar-refractivity contribution in [2.24, 2.45) is 10.7 Å². The molecule has 0 spiro atoms. The molecule has 5 nitrogen and oxygen atoms in total. The van der Waals surface area contributed by atoms with Gasteiger partial charge in [-0.05, 0) is 30.2 Å². The van der Waals surface area contributed by atoms with Crippen molar-refractivity contribution in [3.05, 3.63) is 60.2 Å². The van der Waals surface area contributed by atoms with Gasteiger partial charge in [0, 0.05) is 43.8 Å². The van der Waals surface area contributed by atoms with Gasteiger partial charge in [-0.1, -0.05) is 12.1 Å². The fourth-order valence-corrected chi connectivity index (χ4v) is 1.77. The highest BCUT2D eigenvalue weighted by atomic mass is 127. The molecule has 0 radical (unpaired) electrons. The van der Waals surface area contributed by atoms with Crippen LogP contribution in [0.15, 0.2) is 53.9 Å². The molecule has 3 N–H and O–H groups in total. The highest BCUT2D eigenvalue weighted by molar-refractivity contribution is 14.0.